The third kappa shape index (κ3) is 4.14. The summed E-state index contributed by atoms with van der Waals surface area (Å²) >= 11 is 6.24. The molecule has 33 heavy (non-hydrogen) atoms. The number of aromatic nitrogens is 5. The van der Waals surface area contributed by atoms with Gasteiger partial charge < -0.3 is 9.88 Å². The van der Waals surface area contributed by atoms with Crippen LogP contribution in [0, 0.1) is 6.92 Å². The zero-order chi connectivity index (χ0) is 22.9. The van der Waals surface area contributed by atoms with Gasteiger partial charge in [-0.3, -0.25) is 9.59 Å². The molecule has 1 saturated heterocycles. The Morgan fingerprint density at radius 3 is 2.79 bits per heavy atom. The average Bonchev–Trinajstić information content (AvgIpc) is 3.24. The van der Waals surface area contributed by atoms with E-state index in [-0.39, 0.29) is 22.9 Å². The third-order valence-corrected chi connectivity index (χ3v) is 6.50. The number of H-pyrrole nitrogens is 1. The number of rotatable bonds is 4. The van der Waals surface area contributed by atoms with E-state index < -0.39 is 0 Å². The van der Waals surface area contributed by atoms with Crippen LogP contribution >= 0.6 is 11.6 Å². The summed E-state index contributed by atoms with van der Waals surface area (Å²) < 4.78 is 1.66. The fourth-order valence-corrected chi connectivity index (χ4v) is 4.54. The number of benzene rings is 2. The predicted molar refractivity (Wildman–Crippen MR) is 126 cm³/mol. The van der Waals surface area contributed by atoms with Crippen molar-refractivity contribution < 1.29 is 4.79 Å². The van der Waals surface area contributed by atoms with Gasteiger partial charge in [-0.15, -0.1) is 5.10 Å². The fraction of sp³-hybridized carbons (Fsp3) is 0.292. The van der Waals surface area contributed by atoms with Gasteiger partial charge in [0.1, 0.15) is 5.82 Å². The lowest BCUT2D eigenvalue weighted by Gasteiger charge is -2.32. The van der Waals surface area contributed by atoms with Crippen molar-refractivity contribution in [2.24, 2.45) is 0 Å². The maximum atomic E-state index is 13.0. The van der Waals surface area contributed by atoms with Crippen molar-refractivity contribution in [3.8, 4) is 0 Å². The highest BCUT2D eigenvalue weighted by molar-refractivity contribution is 6.33. The lowest BCUT2D eigenvalue weighted by atomic mass is 9.96. The number of halogens is 1. The van der Waals surface area contributed by atoms with Crippen molar-refractivity contribution in [1.82, 2.24) is 29.9 Å². The molecule has 0 bridgehead atoms. The van der Waals surface area contributed by atoms with Crippen molar-refractivity contribution in [2.75, 3.05) is 13.1 Å². The van der Waals surface area contributed by atoms with Gasteiger partial charge in [-0.25, -0.2) is 9.67 Å². The van der Waals surface area contributed by atoms with Crippen LogP contribution in [0.3, 0.4) is 0 Å². The molecule has 1 N–H and O–H groups in total. The lowest BCUT2D eigenvalue weighted by Crippen LogP contribution is -2.40. The molecule has 8 nitrogen and oxygen atoms in total. The Kier molecular flexibility index (Phi) is 5.68. The largest absolute Gasteiger partial charge is 0.338 e. The minimum absolute atomic E-state index is 0.0934. The molecular weight excluding hydrogens is 440 g/mol. The summed E-state index contributed by atoms with van der Waals surface area (Å²) in [7, 11) is 0. The van der Waals surface area contributed by atoms with Gasteiger partial charge in [0.05, 0.1) is 17.1 Å². The Bertz CT molecular complexity index is 1400. The van der Waals surface area contributed by atoms with E-state index in [1.807, 2.05) is 31.2 Å². The summed E-state index contributed by atoms with van der Waals surface area (Å²) in [6, 6.07) is 15.1. The Labute approximate surface area is 195 Å². The normalized spacial score (nSPS) is 16.3. The SMILES string of the molecule is Cc1ccccc1Cn1nnc2c(=O)[nH]c(C3CCCN(C(=O)c4ccccc4Cl)C3)nc21. The number of nitrogens with zero attached hydrogens (tertiary/aromatic N) is 5. The van der Waals surface area contributed by atoms with Crippen molar-refractivity contribution in [2.45, 2.75) is 32.2 Å². The number of carbonyl (C=O) groups is 1. The Morgan fingerprint density at radius 2 is 1.97 bits per heavy atom. The highest BCUT2D eigenvalue weighted by Gasteiger charge is 2.28. The van der Waals surface area contributed by atoms with E-state index in [4.69, 9.17) is 16.6 Å². The number of fused-ring (bicyclic) bond motifs is 1. The lowest BCUT2D eigenvalue weighted by molar-refractivity contribution is 0.0704. The van der Waals surface area contributed by atoms with Gasteiger partial charge in [0, 0.05) is 19.0 Å². The molecule has 1 fully saturated rings. The van der Waals surface area contributed by atoms with Crippen LogP contribution in [0.2, 0.25) is 5.02 Å². The topological polar surface area (TPSA) is 96.8 Å². The van der Waals surface area contributed by atoms with E-state index in [1.54, 1.807) is 33.8 Å². The molecule has 9 heteroatoms. The van der Waals surface area contributed by atoms with Crippen LogP contribution in [0.4, 0.5) is 0 Å². The second kappa shape index (κ2) is 8.78. The molecule has 3 heterocycles. The number of hydrogen-bond donors (Lipinski definition) is 1. The summed E-state index contributed by atoms with van der Waals surface area (Å²) in [6.07, 6.45) is 1.63. The molecule has 1 unspecified atom stereocenters. The number of likely N-dealkylation sites (tertiary alicyclic amines) is 1. The van der Waals surface area contributed by atoms with E-state index >= 15 is 0 Å². The molecule has 5 rings (SSSR count). The summed E-state index contributed by atoms with van der Waals surface area (Å²) in [4.78, 5) is 35.2. The van der Waals surface area contributed by atoms with Gasteiger partial charge in [-0.05, 0) is 43.0 Å². The van der Waals surface area contributed by atoms with Crippen molar-refractivity contribution in [1.29, 1.82) is 0 Å². The van der Waals surface area contributed by atoms with Crippen LogP contribution in [0.15, 0.2) is 53.3 Å². The highest BCUT2D eigenvalue weighted by Crippen LogP contribution is 2.27. The first-order chi connectivity index (χ1) is 16.0. The zero-order valence-corrected chi connectivity index (χ0v) is 18.9. The minimum Gasteiger partial charge on any atom is -0.338 e. The van der Waals surface area contributed by atoms with Crippen LogP contribution in [0.25, 0.3) is 11.2 Å². The number of carbonyl (C=O) groups excluding carboxylic acids is 1. The smallest absolute Gasteiger partial charge is 0.281 e. The zero-order valence-electron chi connectivity index (χ0n) is 18.2. The highest BCUT2D eigenvalue weighted by atomic mass is 35.5. The molecule has 1 amide bonds. The van der Waals surface area contributed by atoms with E-state index in [2.05, 4.69) is 15.3 Å². The molecule has 1 aliphatic heterocycles. The number of piperidine rings is 1. The van der Waals surface area contributed by atoms with Crippen LogP contribution in [-0.4, -0.2) is 48.9 Å². The Morgan fingerprint density at radius 1 is 1.18 bits per heavy atom. The first kappa shape index (κ1) is 21.3. The van der Waals surface area contributed by atoms with Crippen LogP contribution in [-0.2, 0) is 6.54 Å². The number of hydrogen-bond acceptors (Lipinski definition) is 5. The van der Waals surface area contributed by atoms with Crippen LogP contribution < -0.4 is 5.56 Å². The minimum atomic E-state index is -0.319. The van der Waals surface area contributed by atoms with Crippen molar-refractivity contribution in [3.63, 3.8) is 0 Å². The first-order valence-corrected chi connectivity index (χ1v) is 11.3. The van der Waals surface area contributed by atoms with Gasteiger partial charge in [-0.1, -0.05) is 53.2 Å². The number of aromatic amines is 1. The van der Waals surface area contributed by atoms with Gasteiger partial charge in [0.15, 0.2) is 11.2 Å². The van der Waals surface area contributed by atoms with E-state index in [0.717, 1.165) is 24.0 Å². The van der Waals surface area contributed by atoms with E-state index in [1.165, 1.54) is 0 Å². The maximum absolute atomic E-state index is 13.0. The van der Waals surface area contributed by atoms with Crippen LogP contribution in [0.5, 0.6) is 0 Å². The molecule has 0 saturated carbocycles. The van der Waals surface area contributed by atoms with Gasteiger partial charge in [0.25, 0.3) is 11.5 Å². The molecular formula is C24H23ClN6O2. The molecule has 2 aromatic heterocycles. The van der Waals surface area contributed by atoms with E-state index in [9.17, 15) is 9.59 Å². The quantitative estimate of drug-likeness (QED) is 0.500. The summed E-state index contributed by atoms with van der Waals surface area (Å²) in [6.45, 7) is 3.60. The molecule has 0 aliphatic carbocycles. The number of nitrogens with one attached hydrogen (secondary N) is 1. The Hall–Kier alpha value is -3.52. The summed E-state index contributed by atoms with van der Waals surface area (Å²) in [5, 5.41) is 8.66. The first-order valence-electron chi connectivity index (χ1n) is 10.9. The summed E-state index contributed by atoms with van der Waals surface area (Å²) in [5.74, 6) is 0.349. The van der Waals surface area contributed by atoms with Crippen molar-refractivity contribution >= 4 is 28.7 Å². The molecule has 0 radical (unpaired) electrons. The van der Waals surface area contributed by atoms with Crippen LogP contribution in [0.1, 0.15) is 46.1 Å². The molecule has 4 aromatic rings. The van der Waals surface area contributed by atoms with Gasteiger partial charge >= 0.3 is 0 Å². The number of aryl methyl sites for hydroxylation is 1. The molecule has 2 aromatic carbocycles. The summed E-state index contributed by atoms with van der Waals surface area (Å²) in [5.41, 5.74) is 3.05. The Balaban J connectivity index is 1.44. The standard InChI is InChI=1S/C24H23ClN6O2/c1-15-7-2-3-8-16(15)14-31-22-20(28-29-31)23(32)27-21(26-22)17-9-6-12-30(13-17)24(33)18-10-4-5-11-19(18)25/h2-5,7-8,10-11,17H,6,9,12-14H2,1H3,(H,26,27,32). The second-order valence-electron chi connectivity index (χ2n) is 8.37. The molecule has 1 atom stereocenters. The molecule has 168 valence electrons. The predicted octanol–water partition coefficient (Wildman–Crippen LogP) is 3.54. The molecule has 0 spiro atoms. The third-order valence-electron chi connectivity index (χ3n) is 6.17. The second-order valence-corrected chi connectivity index (χ2v) is 8.77. The fourth-order valence-electron chi connectivity index (χ4n) is 4.32. The van der Waals surface area contributed by atoms with E-state index in [0.29, 0.717) is 41.7 Å². The number of amides is 1. The maximum Gasteiger partial charge on any atom is 0.281 e. The monoisotopic (exact) mass is 462 g/mol. The van der Waals surface area contributed by atoms with Gasteiger partial charge in [-0.2, -0.15) is 0 Å². The average molecular weight is 463 g/mol. The van der Waals surface area contributed by atoms with Crippen molar-refractivity contribution in [3.05, 3.63) is 86.4 Å². The molecule has 1 aliphatic rings. The van der Waals surface area contributed by atoms with Gasteiger partial charge in [0.2, 0.25) is 0 Å².